The largest absolute Gasteiger partial charge is 0.394 e. The zero-order valence-corrected chi connectivity index (χ0v) is 7.95. The van der Waals surface area contributed by atoms with E-state index in [0.29, 0.717) is 0 Å². The fourth-order valence-corrected chi connectivity index (χ4v) is 1.36. The van der Waals surface area contributed by atoms with Gasteiger partial charge in [0, 0.05) is 4.47 Å². The number of hydrogen-bond acceptors (Lipinski definition) is 3. The van der Waals surface area contributed by atoms with Crippen LogP contribution in [0.3, 0.4) is 0 Å². The molecule has 0 aliphatic carbocycles. The molecule has 1 atom stereocenters. The van der Waals surface area contributed by atoms with Crippen molar-refractivity contribution in [2.75, 3.05) is 6.61 Å². The van der Waals surface area contributed by atoms with E-state index in [1.54, 1.807) is 0 Å². The molecule has 0 fully saturated rings. The molecule has 0 amide bonds. The molecule has 0 aromatic heterocycles. The Hall–Kier alpha value is -0.420. The zero-order valence-electron chi connectivity index (χ0n) is 6.37. The minimum Gasteiger partial charge on any atom is -0.394 e. The van der Waals surface area contributed by atoms with Crippen LogP contribution in [0.4, 0.5) is 0 Å². The van der Waals surface area contributed by atoms with Gasteiger partial charge in [-0.3, -0.25) is 0 Å². The lowest BCUT2D eigenvalue weighted by atomic mass is 10.1. The molecule has 1 aromatic rings. The third kappa shape index (κ3) is 2.28. The molecule has 1 aromatic carbocycles. The van der Waals surface area contributed by atoms with E-state index in [1.165, 1.54) is 0 Å². The van der Waals surface area contributed by atoms with Gasteiger partial charge in [-0.25, -0.2) is 0 Å². The van der Waals surface area contributed by atoms with Crippen LogP contribution in [0.5, 0.6) is 0 Å². The van der Waals surface area contributed by atoms with E-state index in [2.05, 4.69) is 15.9 Å². The standard InChI is InChI=1S/C8H10BrNO2/c9-7-3-1-2-6(4-7)8(5-11)10-12/h1-4,8,10-12H,5H2/t8-/m0/s1. The molecule has 4 heteroatoms. The van der Waals surface area contributed by atoms with Gasteiger partial charge in [-0.05, 0) is 17.7 Å². The zero-order chi connectivity index (χ0) is 8.97. The van der Waals surface area contributed by atoms with Crippen molar-refractivity contribution in [3.63, 3.8) is 0 Å². The smallest absolute Gasteiger partial charge is 0.0800 e. The molecular formula is C8H10BrNO2. The van der Waals surface area contributed by atoms with Gasteiger partial charge in [0.25, 0.3) is 0 Å². The van der Waals surface area contributed by atoms with Crippen LogP contribution in [0.25, 0.3) is 0 Å². The van der Waals surface area contributed by atoms with Crippen LogP contribution >= 0.6 is 15.9 Å². The Balaban J connectivity index is 2.85. The highest BCUT2D eigenvalue weighted by molar-refractivity contribution is 9.10. The van der Waals surface area contributed by atoms with Gasteiger partial charge in [0.2, 0.25) is 0 Å². The number of halogens is 1. The number of benzene rings is 1. The van der Waals surface area contributed by atoms with Gasteiger partial charge in [0.1, 0.15) is 0 Å². The first kappa shape index (κ1) is 9.67. The van der Waals surface area contributed by atoms with E-state index in [1.807, 2.05) is 29.7 Å². The fraction of sp³-hybridized carbons (Fsp3) is 0.250. The molecule has 0 saturated carbocycles. The molecule has 0 heterocycles. The molecule has 0 saturated heterocycles. The first-order valence-electron chi connectivity index (χ1n) is 3.54. The van der Waals surface area contributed by atoms with Crippen molar-refractivity contribution in [1.82, 2.24) is 5.48 Å². The maximum absolute atomic E-state index is 8.83. The quantitative estimate of drug-likeness (QED) is 0.691. The second-order valence-electron chi connectivity index (χ2n) is 2.42. The first-order chi connectivity index (χ1) is 5.77. The number of nitrogens with one attached hydrogen (secondary N) is 1. The summed E-state index contributed by atoms with van der Waals surface area (Å²) in [6.07, 6.45) is 0. The van der Waals surface area contributed by atoms with Crippen molar-refractivity contribution >= 4 is 15.9 Å². The summed E-state index contributed by atoms with van der Waals surface area (Å²) < 4.78 is 0.925. The van der Waals surface area contributed by atoms with Crippen molar-refractivity contribution in [3.05, 3.63) is 34.3 Å². The summed E-state index contributed by atoms with van der Waals surface area (Å²) in [5.74, 6) is 0. The van der Waals surface area contributed by atoms with Crippen LogP contribution in [0.1, 0.15) is 11.6 Å². The van der Waals surface area contributed by atoms with E-state index in [9.17, 15) is 0 Å². The lowest BCUT2D eigenvalue weighted by molar-refractivity contribution is 0.0906. The minimum absolute atomic E-state index is 0.132. The van der Waals surface area contributed by atoms with Crippen molar-refractivity contribution in [1.29, 1.82) is 0 Å². The van der Waals surface area contributed by atoms with Gasteiger partial charge in [-0.2, -0.15) is 5.48 Å². The number of aliphatic hydroxyl groups is 1. The molecule has 0 radical (unpaired) electrons. The second kappa shape index (κ2) is 4.57. The maximum Gasteiger partial charge on any atom is 0.0800 e. The molecule has 0 aliphatic heterocycles. The van der Waals surface area contributed by atoms with Crippen molar-refractivity contribution in [2.24, 2.45) is 0 Å². The average Bonchev–Trinajstić information content (AvgIpc) is 2.07. The van der Waals surface area contributed by atoms with Crippen LogP contribution < -0.4 is 5.48 Å². The molecule has 1 rings (SSSR count). The summed E-state index contributed by atoms with van der Waals surface area (Å²) in [6.45, 7) is -0.132. The molecule has 0 unspecified atom stereocenters. The Kier molecular flexibility index (Phi) is 3.68. The lowest BCUT2D eigenvalue weighted by Gasteiger charge is -2.11. The molecule has 3 N–H and O–H groups in total. The van der Waals surface area contributed by atoms with Gasteiger partial charge in [-0.1, -0.05) is 28.1 Å². The summed E-state index contributed by atoms with van der Waals surface area (Å²) >= 11 is 3.30. The Bertz CT molecular complexity index is 251. The van der Waals surface area contributed by atoms with Crippen LogP contribution in [0.2, 0.25) is 0 Å². The SMILES string of the molecule is OC[C@H](NO)c1cccc(Br)c1. The normalized spacial score (nSPS) is 12.9. The van der Waals surface area contributed by atoms with Crippen LogP contribution in [0, 0.1) is 0 Å². The molecule has 0 bridgehead atoms. The number of hydrogen-bond donors (Lipinski definition) is 3. The van der Waals surface area contributed by atoms with Crippen LogP contribution in [0.15, 0.2) is 28.7 Å². The number of aliphatic hydroxyl groups excluding tert-OH is 1. The summed E-state index contributed by atoms with van der Waals surface area (Å²) in [6, 6.07) is 6.98. The Morgan fingerprint density at radius 1 is 1.50 bits per heavy atom. The Labute approximate surface area is 79.1 Å². The van der Waals surface area contributed by atoms with Gasteiger partial charge in [-0.15, -0.1) is 0 Å². The Morgan fingerprint density at radius 3 is 2.75 bits per heavy atom. The highest BCUT2D eigenvalue weighted by Crippen LogP contribution is 2.17. The summed E-state index contributed by atoms with van der Waals surface area (Å²) in [5, 5.41) is 17.5. The van der Waals surface area contributed by atoms with Gasteiger partial charge < -0.3 is 10.3 Å². The highest BCUT2D eigenvalue weighted by Gasteiger charge is 2.07. The third-order valence-electron chi connectivity index (χ3n) is 1.59. The van der Waals surface area contributed by atoms with Crippen LogP contribution in [-0.4, -0.2) is 16.9 Å². The molecule has 12 heavy (non-hydrogen) atoms. The number of hydroxylamine groups is 1. The van der Waals surface area contributed by atoms with Crippen molar-refractivity contribution in [2.45, 2.75) is 6.04 Å². The topological polar surface area (TPSA) is 52.5 Å². The summed E-state index contributed by atoms with van der Waals surface area (Å²) in [7, 11) is 0. The average molecular weight is 232 g/mol. The van der Waals surface area contributed by atoms with E-state index in [0.717, 1.165) is 10.0 Å². The first-order valence-corrected chi connectivity index (χ1v) is 4.33. The predicted octanol–water partition coefficient (Wildman–Crippen LogP) is 1.46. The maximum atomic E-state index is 8.83. The fourth-order valence-electron chi connectivity index (χ4n) is 0.944. The second-order valence-corrected chi connectivity index (χ2v) is 3.33. The van der Waals surface area contributed by atoms with Gasteiger partial charge in [0.15, 0.2) is 0 Å². The van der Waals surface area contributed by atoms with Crippen molar-refractivity contribution in [3.8, 4) is 0 Å². The molecule has 0 aliphatic rings. The molecular weight excluding hydrogens is 222 g/mol. The van der Waals surface area contributed by atoms with E-state index < -0.39 is 6.04 Å². The van der Waals surface area contributed by atoms with Gasteiger partial charge >= 0.3 is 0 Å². The molecule has 66 valence electrons. The predicted molar refractivity (Wildman–Crippen MR) is 48.9 cm³/mol. The van der Waals surface area contributed by atoms with Crippen LogP contribution in [-0.2, 0) is 0 Å². The summed E-state index contributed by atoms with van der Waals surface area (Å²) in [5.41, 5.74) is 2.87. The summed E-state index contributed by atoms with van der Waals surface area (Å²) in [4.78, 5) is 0. The van der Waals surface area contributed by atoms with E-state index >= 15 is 0 Å². The third-order valence-corrected chi connectivity index (χ3v) is 2.08. The number of rotatable bonds is 3. The monoisotopic (exact) mass is 231 g/mol. The van der Waals surface area contributed by atoms with Gasteiger partial charge in [0.05, 0.1) is 12.6 Å². The highest BCUT2D eigenvalue weighted by atomic mass is 79.9. The molecule has 3 nitrogen and oxygen atoms in total. The lowest BCUT2D eigenvalue weighted by Crippen LogP contribution is -2.20. The minimum atomic E-state index is -0.414. The van der Waals surface area contributed by atoms with E-state index in [4.69, 9.17) is 10.3 Å². The Morgan fingerprint density at radius 2 is 2.25 bits per heavy atom. The van der Waals surface area contributed by atoms with E-state index in [-0.39, 0.29) is 6.61 Å². The van der Waals surface area contributed by atoms with Crippen molar-refractivity contribution < 1.29 is 10.3 Å². The molecule has 0 spiro atoms.